The maximum Gasteiger partial charge on any atom is 0.251 e. The SMILES string of the molecule is NCc1ccc(C(=O)N[C@@H](Cc2ccccc2)c2ncc(Cl)[nH]2)cc1. The number of halogens is 1. The number of carbonyl (C=O) groups is 1. The van der Waals surface area contributed by atoms with Crippen molar-refractivity contribution in [2.75, 3.05) is 0 Å². The van der Waals surface area contributed by atoms with Crippen LogP contribution >= 0.6 is 11.6 Å². The first-order chi connectivity index (χ1) is 12.2. The van der Waals surface area contributed by atoms with E-state index in [0.717, 1.165) is 11.1 Å². The lowest BCUT2D eigenvalue weighted by Gasteiger charge is -2.17. The highest BCUT2D eigenvalue weighted by Crippen LogP contribution is 2.18. The second kappa shape index (κ2) is 7.96. The van der Waals surface area contributed by atoms with Gasteiger partial charge in [0.2, 0.25) is 0 Å². The predicted molar refractivity (Wildman–Crippen MR) is 98.3 cm³/mol. The van der Waals surface area contributed by atoms with E-state index in [0.29, 0.717) is 29.5 Å². The molecule has 1 amide bonds. The molecule has 1 heterocycles. The highest BCUT2D eigenvalue weighted by Gasteiger charge is 2.19. The lowest BCUT2D eigenvalue weighted by molar-refractivity contribution is 0.0935. The molecule has 2 aromatic carbocycles. The summed E-state index contributed by atoms with van der Waals surface area (Å²) in [5, 5.41) is 3.47. The van der Waals surface area contributed by atoms with Gasteiger partial charge < -0.3 is 16.0 Å². The van der Waals surface area contributed by atoms with Crippen LogP contribution in [-0.4, -0.2) is 15.9 Å². The molecular formula is C19H19ClN4O. The second-order valence-electron chi connectivity index (χ2n) is 5.73. The van der Waals surface area contributed by atoms with Crippen LogP contribution in [0.2, 0.25) is 5.15 Å². The number of amides is 1. The standard InChI is InChI=1S/C19H19ClN4O/c20-17-12-22-18(24-17)16(10-13-4-2-1-3-5-13)23-19(25)15-8-6-14(11-21)7-9-15/h1-9,12,16H,10-11,21H2,(H,22,24)(H,23,25)/t16-/m0/s1. The summed E-state index contributed by atoms with van der Waals surface area (Å²) in [5.41, 5.74) is 8.25. The molecule has 0 unspecified atom stereocenters. The molecule has 1 atom stereocenters. The summed E-state index contributed by atoms with van der Waals surface area (Å²) in [7, 11) is 0. The number of H-pyrrole nitrogens is 1. The summed E-state index contributed by atoms with van der Waals surface area (Å²) >= 11 is 5.95. The number of aromatic amines is 1. The van der Waals surface area contributed by atoms with Gasteiger partial charge in [0, 0.05) is 12.1 Å². The predicted octanol–water partition coefficient (Wildman–Crippen LogP) is 3.24. The Balaban J connectivity index is 1.80. The maximum absolute atomic E-state index is 12.6. The van der Waals surface area contributed by atoms with Crippen molar-refractivity contribution in [2.45, 2.75) is 19.0 Å². The van der Waals surface area contributed by atoms with Crippen LogP contribution < -0.4 is 11.1 Å². The fourth-order valence-corrected chi connectivity index (χ4v) is 2.74. The molecule has 3 rings (SSSR count). The van der Waals surface area contributed by atoms with E-state index < -0.39 is 0 Å². The topological polar surface area (TPSA) is 83.8 Å². The molecule has 0 spiro atoms. The molecule has 0 aliphatic heterocycles. The molecule has 0 aliphatic rings. The highest BCUT2D eigenvalue weighted by atomic mass is 35.5. The quantitative estimate of drug-likeness (QED) is 0.635. The van der Waals surface area contributed by atoms with Crippen molar-refractivity contribution in [3.63, 3.8) is 0 Å². The molecule has 0 saturated heterocycles. The number of aromatic nitrogens is 2. The van der Waals surface area contributed by atoms with E-state index in [1.807, 2.05) is 42.5 Å². The molecule has 0 radical (unpaired) electrons. The van der Waals surface area contributed by atoms with Gasteiger partial charge >= 0.3 is 0 Å². The van der Waals surface area contributed by atoms with Crippen LogP contribution in [0.3, 0.4) is 0 Å². The first-order valence-electron chi connectivity index (χ1n) is 8.00. The summed E-state index contributed by atoms with van der Waals surface area (Å²) in [5.74, 6) is 0.456. The number of benzene rings is 2. The minimum absolute atomic E-state index is 0.169. The van der Waals surface area contributed by atoms with Crippen LogP contribution in [0.25, 0.3) is 0 Å². The molecule has 1 aromatic heterocycles. The summed E-state index contributed by atoms with van der Waals surface area (Å²) in [4.78, 5) is 19.9. The molecule has 4 N–H and O–H groups in total. The maximum atomic E-state index is 12.6. The zero-order valence-corrected chi connectivity index (χ0v) is 14.3. The van der Waals surface area contributed by atoms with Crippen LogP contribution in [0.4, 0.5) is 0 Å². The molecule has 3 aromatic rings. The minimum atomic E-state index is -0.309. The van der Waals surface area contributed by atoms with Crippen LogP contribution in [0.15, 0.2) is 60.8 Å². The smallest absolute Gasteiger partial charge is 0.251 e. The Labute approximate surface area is 151 Å². The first kappa shape index (κ1) is 17.2. The molecular weight excluding hydrogens is 336 g/mol. The fourth-order valence-electron chi connectivity index (χ4n) is 2.59. The third kappa shape index (κ3) is 4.47. The van der Waals surface area contributed by atoms with Gasteiger partial charge in [-0.05, 0) is 29.7 Å². The van der Waals surface area contributed by atoms with Gasteiger partial charge in [-0.3, -0.25) is 4.79 Å². The third-order valence-corrected chi connectivity index (χ3v) is 4.13. The summed E-state index contributed by atoms with van der Waals surface area (Å²) < 4.78 is 0. The van der Waals surface area contributed by atoms with Crippen molar-refractivity contribution in [3.8, 4) is 0 Å². The zero-order chi connectivity index (χ0) is 17.6. The lowest BCUT2D eigenvalue weighted by atomic mass is 10.0. The molecule has 0 aliphatic carbocycles. The summed E-state index contributed by atoms with van der Waals surface area (Å²) in [6.45, 7) is 0.448. The van der Waals surface area contributed by atoms with Gasteiger partial charge in [0.05, 0.1) is 12.2 Å². The summed E-state index contributed by atoms with van der Waals surface area (Å²) in [6, 6.07) is 16.9. The number of nitrogens with zero attached hydrogens (tertiary/aromatic N) is 1. The van der Waals surface area contributed by atoms with Gasteiger partial charge in [0.15, 0.2) is 0 Å². The van der Waals surface area contributed by atoms with E-state index in [-0.39, 0.29) is 11.9 Å². The van der Waals surface area contributed by atoms with E-state index in [9.17, 15) is 4.79 Å². The van der Waals surface area contributed by atoms with Gasteiger partial charge in [-0.1, -0.05) is 54.1 Å². The van der Waals surface area contributed by atoms with Crippen LogP contribution in [0, 0.1) is 0 Å². The lowest BCUT2D eigenvalue weighted by Crippen LogP contribution is -2.30. The van der Waals surface area contributed by atoms with Crippen molar-refractivity contribution in [2.24, 2.45) is 5.73 Å². The second-order valence-corrected chi connectivity index (χ2v) is 6.14. The minimum Gasteiger partial charge on any atom is -0.342 e. The Hall–Kier alpha value is -2.63. The van der Waals surface area contributed by atoms with Crippen molar-refractivity contribution in [1.29, 1.82) is 0 Å². The van der Waals surface area contributed by atoms with Crippen LogP contribution in [0.1, 0.15) is 33.4 Å². The fraction of sp³-hybridized carbons (Fsp3) is 0.158. The van der Waals surface area contributed by atoms with Gasteiger partial charge in [-0.25, -0.2) is 4.98 Å². The van der Waals surface area contributed by atoms with Crippen LogP contribution in [-0.2, 0) is 13.0 Å². The van der Waals surface area contributed by atoms with E-state index in [2.05, 4.69) is 15.3 Å². The van der Waals surface area contributed by atoms with Crippen LogP contribution in [0.5, 0.6) is 0 Å². The van der Waals surface area contributed by atoms with Crippen molar-refractivity contribution < 1.29 is 4.79 Å². The molecule has 5 nitrogen and oxygen atoms in total. The Morgan fingerprint density at radius 3 is 2.44 bits per heavy atom. The Kier molecular flexibility index (Phi) is 5.48. The van der Waals surface area contributed by atoms with Crippen molar-refractivity contribution >= 4 is 17.5 Å². The van der Waals surface area contributed by atoms with E-state index in [4.69, 9.17) is 17.3 Å². The molecule has 0 bridgehead atoms. The average molecular weight is 355 g/mol. The van der Waals surface area contributed by atoms with Gasteiger partial charge in [-0.15, -0.1) is 0 Å². The number of nitrogens with one attached hydrogen (secondary N) is 2. The molecule has 0 saturated carbocycles. The molecule has 25 heavy (non-hydrogen) atoms. The Morgan fingerprint density at radius 1 is 1.12 bits per heavy atom. The first-order valence-corrected chi connectivity index (χ1v) is 8.37. The monoisotopic (exact) mass is 354 g/mol. The number of hydrogen-bond acceptors (Lipinski definition) is 3. The van der Waals surface area contributed by atoms with Crippen molar-refractivity contribution in [3.05, 3.63) is 88.5 Å². The van der Waals surface area contributed by atoms with E-state index in [1.54, 1.807) is 12.1 Å². The summed E-state index contributed by atoms with van der Waals surface area (Å²) in [6.07, 6.45) is 2.15. The largest absolute Gasteiger partial charge is 0.342 e. The molecule has 0 fully saturated rings. The number of hydrogen-bond donors (Lipinski definition) is 3. The zero-order valence-electron chi connectivity index (χ0n) is 13.6. The van der Waals surface area contributed by atoms with Crippen molar-refractivity contribution in [1.82, 2.24) is 15.3 Å². The normalized spacial score (nSPS) is 11.9. The van der Waals surface area contributed by atoms with E-state index in [1.165, 1.54) is 6.20 Å². The Bertz CT molecular complexity index is 830. The van der Waals surface area contributed by atoms with Gasteiger partial charge in [0.1, 0.15) is 11.0 Å². The number of imidazole rings is 1. The molecule has 6 heteroatoms. The van der Waals surface area contributed by atoms with Gasteiger partial charge in [-0.2, -0.15) is 0 Å². The average Bonchev–Trinajstić information content (AvgIpc) is 3.08. The number of rotatable bonds is 6. The number of nitrogens with two attached hydrogens (primary N) is 1. The highest BCUT2D eigenvalue weighted by molar-refractivity contribution is 6.29. The number of carbonyl (C=O) groups excluding carboxylic acids is 1. The van der Waals surface area contributed by atoms with Gasteiger partial charge in [0.25, 0.3) is 5.91 Å². The Morgan fingerprint density at radius 2 is 1.84 bits per heavy atom. The third-order valence-electron chi connectivity index (χ3n) is 3.93. The van der Waals surface area contributed by atoms with E-state index >= 15 is 0 Å². The molecule has 128 valence electrons.